The summed E-state index contributed by atoms with van der Waals surface area (Å²) >= 11 is 5.81. The van der Waals surface area contributed by atoms with Crippen LogP contribution in [-0.2, 0) is 0 Å². The Labute approximate surface area is 120 Å². The minimum absolute atomic E-state index is 0.0170. The van der Waals surface area contributed by atoms with E-state index in [1.165, 1.54) is 0 Å². The van der Waals surface area contributed by atoms with Gasteiger partial charge in [-0.1, -0.05) is 23.2 Å². The number of hydrogen-bond acceptors (Lipinski definition) is 3. The number of nitrogens with one attached hydrogen (secondary N) is 1. The number of benzene rings is 2. The number of aryl methyl sites for hydroxylation is 1. The van der Waals surface area contributed by atoms with Gasteiger partial charge in [0.25, 0.3) is 0 Å². The Morgan fingerprint density at radius 3 is 2.55 bits per heavy atom. The van der Waals surface area contributed by atoms with Crippen molar-refractivity contribution in [2.45, 2.75) is 6.92 Å². The summed E-state index contributed by atoms with van der Waals surface area (Å²) in [6.07, 6.45) is 0. The molecule has 5 heteroatoms. The maximum Gasteiger partial charge on any atom is 0.218 e. The van der Waals surface area contributed by atoms with Gasteiger partial charge in [-0.05, 0) is 43.3 Å². The number of hydrogen-bond donors (Lipinski definition) is 2. The van der Waals surface area contributed by atoms with E-state index in [4.69, 9.17) is 11.6 Å². The van der Waals surface area contributed by atoms with Crippen LogP contribution in [0.25, 0.3) is 10.9 Å². The van der Waals surface area contributed by atoms with E-state index >= 15 is 0 Å². The van der Waals surface area contributed by atoms with Gasteiger partial charge in [0, 0.05) is 10.4 Å². The quantitative estimate of drug-likeness (QED) is 0.621. The molecular formula is C15H12ClN3O. The maximum atomic E-state index is 9.92. The summed E-state index contributed by atoms with van der Waals surface area (Å²) in [7, 11) is 0. The number of fused-ring (bicyclic) bond motifs is 1. The zero-order valence-electron chi connectivity index (χ0n) is 10.8. The molecular weight excluding hydrogens is 274 g/mol. The zero-order chi connectivity index (χ0) is 14.1. The van der Waals surface area contributed by atoms with E-state index in [-0.39, 0.29) is 5.88 Å². The minimum atomic E-state index is 0.0170. The Morgan fingerprint density at radius 1 is 1.05 bits per heavy atom. The number of aromatic hydroxyl groups is 1. The molecule has 100 valence electrons. The van der Waals surface area contributed by atoms with Crippen molar-refractivity contribution < 1.29 is 5.11 Å². The predicted molar refractivity (Wildman–Crippen MR) is 80.3 cm³/mol. The first-order valence-corrected chi connectivity index (χ1v) is 6.50. The van der Waals surface area contributed by atoms with Gasteiger partial charge in [0.2, 0.25) is 5.88 Å². The Kier molecular flexibility index (Phi) is 3.16. The second-order valence-corrected chi connectivity index (χ2v) is 4.98. The van der Waals surface area contributed by atoms with Crippen molar-refractivity contribution in [3.8, 4) is 5.88 Å². The van der Waals surface area contributed by atoms with Crippen LogP contribution in [0.5, 0.6) is 5.88 Å². The molecule has 0 amide bonds. The normalized spacial score (nSPS) is 11.5. The summed E-state index contributed by atoms with van der Waals surface area (Å²) in [5, 5.41) is 19.7. The van der Waals surface area contributed by atoms with Crippen LogP contribution in [0.1, 0.15) is 5.56 Å². The van der Waals surface area contributed by atoms with Crippen molar-refractivity contribution in [3.63, 3.8) is 0 Å². The van der Waals surface area contributed by atoms with E-state index in [9.17, 15) is 5.11 Å². The Bertz CT molecular complexity index is 791. The number of aromatic nitrogens is 1. The third-order valence-electron chi connectivity index (χ3n) is 3.00. The van der Waals surface area contributed by atoms with Gasteiger partial charge in [-0.3, -0.25) is 0 Å². The summed E-state index contributed by atoms with van der Waals surface area (Å²) in [5.41, 5.74) is 3.05. The Morgan fingerprint density at radius 2 is 1.80 bits per heavy atom. The molecule has 0 spiro atoms. The van der Waals surface area contributed by atoms with Gasteiger partial charge < -0.3 is 10.1 Å². The highest BCUT2D eigenvalue weighted by molar-refractivity contribution is 6.30. The minimum Gasteiger partial charge on any atom is -0.493 e. The van der Waals surface area contributed by atoms with Crippen LogP contribution in [-0.4, -0.2) is 10.1 Å². The average molecular weight is 286 g/mol. The topological polar surface area (TPSA) is 60.7 Å². The molecule has 0 bridgehead atoms. The van der Waals surface area contributed by atoms with E-state index in [2.05, 4.69) is 15.2 Å². The first kappa shape index (κ1) is 12.7. The summed E-state index contributed by atoms with van der Waals surface area (Å²) in [5.74, 6) is 0.0170. The molecule has 3 rings (SSSR count). The largest absolute Gasteiger partial charge is 0.493 e. The van der Waals surface area contributed by atoms with E-state index in [0.29, 0.717) is 16.4 Å². The summed E-state index contributed by atoms with van der Waals surface area (Å²) in [6, 6.07) is 12.9. The second kappa shape index (κ2) is 4.98. The van der Waals surface area contributed by atoms with Crippen molar-refractivity contribution in [1.82, 2.24) is 4.98 Å². The number of halogens is 1. The molecule has 1 aromatic heterocycles. The number of azo groups is 1. The fraction of sp³-hybridized carbons (Fsp3) is 0.0667. The molecule has 3 aromatic rings. The van der Waals surface area contributed by atoms with Gasteiger partial charge in [0.05, 0.1) is 11.2 Å². The average Bonchev–Trinajstić information content (AvgIpc) is 2.73. The fourth-order valence-electron chi connectivity index (χ4n) is 1.99. The summed E-state index contributed by atoms with van der Waals surface area (Å²) < 4.78 is 0. The third kappa shape index (κ3) is 2.38. The molecule has 0 fully saturated rings. The van der Waals surface area contributed by atoms with Gasteiger partial charge in [-0.15, -0.1) is 5.11 Å². The molecule has 0 unspecified atom stereocenters. The molecule has 0 aliphatic heterocycles. The SMILES string of the molecule is Cc1ccc2[nH]c(O)c(N=Nc3ccc(Cl)cc3)c2c1. The van der Waals surface area contributed by atoms with Gasteiger partial charge in [0.1, 0.15) is 0 Å². The van der Waals surface area contributed by atoms with Crippen molar-refractivity contribution >= 4 is 33.9 Å². The number of rotatable bonds is 2. The molecule has 0 atom stereocenters. The van der Waals surface area contributed by atoms with Gasteiger partial charge in [-0.2, -0.15) is 5.11 Å². The second-order valence-electron chi connectivity index (χ2n) is 4.55. The van der Waals surface area contributed by atoms with E-state index in [0.717, 1.165) is 16.5 Å². The predicted octanol–water partition coefficient (Wildman–Crippen LogP) is 5.25. The van der Waals surface area contributed by atoms with Crippen LogP contribution >= 0.6 is 11.6 Å². The zero-order valence-corrected chi connectivity index (χ0v) is 11.5. The highest BCUT2D eigenvalue weighted by Gasteiger charge is 2.10. The smallest absolute Gasteiger partial charge is 0.218 e. The lowest BCUT2D eigenvalue weighted by atomic mass is 10.2. The molecule has 4 nitrogen and oxygen atoms in total. The number of aromatic amines is 1. The van der Waals surface area contributed by atoms with Crippen LogP contribution in [0.4, 0.5) is 11.4 Å². The highest BCUT2D eigenvalue weighted by Crippen LogP contribution is 2.36. The lowest BCUT2D eigenvalue weighted by Crippen LogP contribution is -1.71. The van der Waals surface area contributed by atoms with Crippen LogP contribution in [0, 0.1) is 6.92 Å². The molecule has 2 N–H and O–H groups in total. The first-order valence-electron chi connectivity index (χ1n) is 6.12. The van der Waals surface area contributed by atoms with Gasteiger partial charge in [0.15, 0.2) is 5.69 Å². The fourth-order valence-corrected chi connectivity index (χ4v) is 2.12. The molecule has 0 aliphatic carbocycles. The number of nitrogens with zero attached hydrogens (tertiary/aromatic N) is 2. The highest BCUT2D eigenvalue weighted by atomic mass is 35.5. The standard InChI is InChI=1S/C15H12ClN3O/c1-9-2-7-13-12(8-9)14(15(20)17-13)19-18-11-5-3-10(16)4-6-11/h2-8,17,20H,1H3. The Hall–Kier alpha value is -2.33. The van der Waals surface area contributed by atoms with Gasteiger partial charge in [-0.25, -0.2) is 0 Å². The van der Waals surface area contributed by atoms with E-state index in [1.54, 1.807) is 24.3 Å². The lowest BCUT2D eigenvalue weighted by Gasteiger charge is -1.95. The van der Waals surface area contributed by atoms with E-state index < -0.39 is 0 Å². The first-order chi connectivity index (χ1) is 9.63. The van der Waals surface area contributed by atoms with Crippen molar-refractivity contribution in [3.05, 3.63) is 53.1 Å². The third-order valence-corrected chi connectivity index (χ3v) is 3.25. The molecule has 0 saturated heterocycles. The molecule has 20 heavy (non-hydrogen) atoms. The summed E-state index contributed by atoms with van der Waals surface area (Å²) in [6.45, 7) is 1.99. The van der Waals surface area contributed by atoms with Gasteiger partial charge >= 0.3 is 0 Å². The molecule has 0 radical (unpaired) electrons. The van der Waals surface area contributed by atoms with Crippen molar-refractivity contribution in [1.29, 1.82) is 0 Å². The van der Waals surface area contributed by atoms with Crippen LogP contribution in [0.2, 0.25) is 5.02 Å². The lowest BCUT2D eigenvalue weighted by molar-refractivity contribution is 0.459. The molecule has 2 aromatic carbocycles. The molecule has 0 aliphatic rings. The number of H-pyrrole nitrogens is 1. The summed E-state index contributed by atoms with van der Waals surface area (Å²) in [4.78, 5) is 2.88. The van der Waals surface area contributed by atoms with Crippen molar-refractivity contribution in [2.24, 2.45) is 10.2 Å². The van der Waals surface area contributed by atoms with Crippen molar-refractivity contribution in [2.75, 3.05) is 0 Å². The molecule has 1 heterocycles. The van der Waals surface area contributed by atoms with Crippen LogP contribution in [0.15, 0.2) is 52.7 Å². The van der Waals surface area contributed by atoms with Crippen LogP contribution in [0.3, 0.4) is 0 Å². The molecule has 0 saturated carbocycles. The Balaban J connectivity index is 2.03. The maximum absolute atomic E-state index is 9.92. The monoisotopic (exact) mass is 285 g/mol. The van der Waals surface area contributed by atoms with E-state index in [1.807, 2.05) is 25.1 Å². The van der Waals surface area contributed by atoms with Crippen LogP contribution < -0.4 is 0 Å².